The number of alkyl halides is 5. The quantitative estimate of drug-likeness (QED) is 0.122. The predicted molar refractivity (Wildman–Crippen MR) is 188 cm³/mol. The predicted octanol–water partition coefficient (Wildman–Crippen LogP) is 6.67. The molecule has 7 rings (SSSR count). The molecule has 10 nitrogen and oxygen atoms in total. The molecule has 1 N–H and O–H groups in total. The molecule has 1 saturated carbocycles. The Balaban J connectivity index is 1.24. The maximum Gasteiger partial charge on any atom is 0.573 e. The number of imide groups is 2. The van der Waals surface area contributed by atoms with E-state index in [0.717, 1.165) is 39.1 Å². The van der Waals surface area contributed by atoms with Crippen LogP contribution in [0.15, 0.2) is 72.3 Å². The molecule has 2 aliphatic heterocycles. The molecule has 0 aromatic heterocycles. The van der Waals surface area contributed by atoms with E-state index in [1.807, 2.05) is 18.2 Å². The number of hydrogen-bond donors (Lipinski definition) is 1. The largest absolute Gasteiger partial charge is 0.573 e. The molecular formula is C38H31Cl2F3N2O8. The van der Waals surface area contributed by atoms with Crippen LogP contribution in [0.25, 0.3) is 12.2 Å². The Morgan fingerprint density at radius 1 is 0.868 bits per heavy atom. The number of benzene rings is 3. The number of amides is 4. The van der Waals surface area contributed by atoms with Gasteiger partial charge >= 0.3 is 6.36 Å². The molecule has 6 atom stereocenters. The smallest absolute Gasteiger partial charge is 0.508 e. The SMILES string of the molecule is COc1ccc(OC)c(C=Cc2ccc(N3C(=O)C4CC=C5C(CC6(Cl)C(=O)N(C)C(=O)C6(Cl)C5c5cc(OC(F)(F)F)ccc5O)C4C3=O)cc2)c1. The monoisotopic (exact) mass is 770 g/mol. The number of phenols is 1. The number of halogens is 5. The second kappa shape index (κ2) is 12.8. The van der Waals surface area contributed by atoms with E-state index in [1.165, 1.54) is 7.05 Å². The van der Waals surface area contributed by atoms with Gasteiger partial charge in [-0.25, -0.2) is 0 Å². The Labute approximate surface area is 311 Å². The van der Waals surface area contributed by atoms with E-state index in [2.05, 4.69) is 4.74 Å². The van der Waals surface area contributed by atoms with E-state index >= 15 is 0 Å². The lowest BCUT2D eigenvalue weighted by Crippen LogP contribution is -2.60. The first-order chi connectivity index (χ1) is 25.0. The zero-order chi connectivity index (χ0) is 38.2. The van der Waals surface area contributed by atoms with Crippen LogP contribution in [0.5, 0.6) is 23.0 Å². The first-order valence-electron chi connectivity index (χ1n) is 16.4. The Morgan fingerprint density at radius 3 is 2.23 bits per heavy atom. The van der Waals surface area contributed by atoms with Crippen LogP contribution >= 0.6 is 23.2 Å². The molecule has 3 fully saturated rings. The number of rotatable bonds is 7. The summed E-state index contributed by atoms with van der Waals surface area (Å²) in [6.45, 7) is 0. The number of carbonyl (C=O) groups is 4. The van der Waals surface area contributed by atoms with Crippen molar-refractivity contribution in [3.63, 3.8) is 0 Å². The van der Waals surface area contributed by atoms with E-state index in [4.69, 9.17) is 32.7 Å². The van der Waals surface area contributed by atoms with Crippen molar-refractivity contribution in [1.29, 1.82) is 0 Å². The maximum absolute atomic E-state index is 14.3. The third kappa shape index (κ3) is 5.63. The van der Waals surface area contributed by atoms with Gasteiger partial charge in [0.2, 0.25) is 11.8 Å². The minimum atomic E-state index is -5.09. The fourth-order valence-corrected chi connectivity index (χ4v) is 9.21. The number of aromatic hydroxyl groups is 1. The number of ether oxygens (including phenoxy) is 3. The second-order valence-corrected chi connectivity index (χ2v) is 14.6. The van der Waals surface area contributed by atoms with Gasteiger partial charge in [-0.2, -0.15) is 0 Å². The number of phenolic OH excluding ortho intramolecular Hbond substituents is 1. The summed E-state index contributed by atoms with van der Waals surface area (Å²) in [5.41, 5.74) is 1.85. The lowest BCUT2D eigenvalue weighted by Gasteiger charge is -2.50. The zero-order valence-electron chi connectivity index (χ0n) is 28.3. The summed E-state index contributed by atoms with van der Waals surface area (Å²) >= 11 is 14.2. The van der Waals surface area contributed by atoms with Crippen molar-refractivity contribution in [3.05, 3.63) is 89.0 Å². The average Bonchev–Trinajstić information content (AvgIpc) is 3.45. The fourth-order valence-electron chi connectivity index (χ4n) is 8.20. The first-order valence-corrected chi connectivity index (χ1v) is 17.2. The summed E-state index contributed by atoms with van der Waals surface area (Å²) in [6, 6.07) is 14.8. The van der Waals surface area contributed by atoms with Crippen LogP contribution in [-0.4, -0.2) is 71.0 Å². The number of carbonyl (C=O) groups excluding carboxylic acids is 4. The summed E-state index contributed by atoms with van der Waals surface area (Å²) in [7, 11) is 4.29. The summed E-state index contributed by atoms with van der Waals surface area (Å²) in [6.07, 6.45) is -0.145. The summed E-state index contributed by atoms with van der Waals surface area (Å²) < 4.78 is 54.6. The lowest BCUT2D eigenvalue weighted by molar-refractivity contribution is -0.274. The van der Waals surface area contributed by atoms with Gasteiger partial charge in [0.25, 0.3) is 11.8 Å². The molecule has 4 amide bonds. The van der Waals surface area contributed by atoms with Crippen LogP contribution in [0, 0.1) is 17.8 Å². The van der Waals surface area contributed by atoms with Gasteiger partial charge in [-0.15, -0.1) is 36.4 Å². The van der Waals surface area contributed by atoms with Gasteiger partial charge in [0.05, 0.1) is 31.7 Å². The second-order valence-electron chi connectivity index (χ2n) is 13.3. The Hall–Kier alpha value is -5.01. The minimum absolute atomic E-state index is 0.0109. The molecule has 2 aliphatic carbocycles. The molecule has 2 heterocycles. The maximum atomic E-state index is 14.3. The molecule has 0 bridgehead atoms. The van der Waals surface area contributed by atoms with E-state index < -0.39 is 74.9 Å². The van der Waals surface area contributed by atoms with E-state index in [0.29, 0.717) is 22.8 Å². The van der Waals surface area contributed by atoms with Crippen molar-refractivity contribution in [1.82, 2.24) is 4.90 Å². The van der Waals surface area contributed by atoms with Crippen LogP contribution in [0.1, 0.15) is 35.4 Å². The number of hydrogen-bond acceptors (Lipinski definition) is 8. The standard InChI is InChI=1S/C38H31Cl2F3N2O8/c1-44-34(49)36(39)18-27-24(31(37(36,40)35(44)50)26-17-23(10-14-28(26)46)53-38(41,42)43)12-13-25-30(27)33(48)45(32(25)47)21-8-5-19(6-9-21)4-7-20-16-22(51-2)11-15-29(20)52-3/h4-12,14-17,25,27,30-31,46H,13,18H2,1-3H3. The Bertz CT molecular complexity index is 2120. The Kier molecular flexibility index (Phi) is 8.80. The van der Waals surface area contributed by atoms with E-state index in [9.17, 15) is 37.5 Å². The van der Waals surface area contributed by atoms with Crippen LogP contribution in [0.3, 0.4) is 0 Å². The number of anilines is 1. The highest BCUT2D eigenvalue weighted by atomic mass is 35.5. The van der Waals surface area contributed by atoms with Crippen molar-refractivity contribution in [2.75, 3.05) is 26.2 Å². The van der Waals surface area contributed by atoms with Gasteiger partial charge in [-0.3, -0.25) is 29.0 Å². The molecular weight excluding hydrogens is 740 g/mol. The van der Waals surface area contributed by atoms with Crippen molar-refractivity contribution < 1.29 is 51.7 Å². The van der Waals surface area contributed by atoms with Gasteiger partial charge < -0.3 is 19.3 Å². The number of fused-ring (bicyclic) bond motifs is 4. The third-order valence-corrected chi connectivity index (χ3v) is 12.0. The van der Waals surface area contributed by atoms with Gasteiger partial charge in [0.15, 0.2) is 9.75 Å². The van der Waals surface area contributed by atoms with E-state index in [1.54, 1.807) is 56.7 Å². The molecule has 0 spiro atoms. The first kappa shape index (κ1) is 36.4. The van der Waals surface area contributed by atoms with E-state index in [-0.39, 0.29) is 18.4 Å². The normalized spacial score (nSPS) is 28.2. The van der Waals surface area contributed by atoms with Gasteiger partial charge in [-0.1, -0.05) is 35.9 Å². The summed E-state index contributed by atoms with van der Waals surface area (Å²) in [5, 5.41) is 11.0. The molecule has 6 unspecified atom stereocenters. The Morgan fingerprint density at radius 2 is 1.57 bits per heavy atom. The van der Waals surface area contributed by atoms with Crippen molar-refractivity contribution in [2.24, 2.45) is 17.8 Å². The molecule has 3 aromatic rings. The van der Waals surface area contributed by atoms with Gasteiger partial charge in [0, 0.05) is 24.1 Å². The number of nitrogens with zero attached hydrogens (tertiary/aromatic N) is 2. The van der Waals surface area contributed by atoms with Crippen LogP contribution in [0.4, 0.5) is 18.9 Å². The highest BCUT2D eigenvalue weighted by Gasteiger charge is 2.76. The summed E-state index contributed by atoms with van der Waals surface area (Å²) in [5.74, 6) is -7.24. The molecule has 3 aromatic carbocycles. The van der Waals surface area contributed by atoms with Gasteiger partial charge in [-0.05, 0) is 72.9 Å². The molecule has 276 valence electrons. The van der Waals surface area contributed by atoms with Crippen molar-refractivity contribution >= 4 is 64.7 Å². The van der Waals surface area contributed by atoms with Crippen LogP contribution in [-0.2, 0) is 19.2 Å². The van der Waals surface area contributed by atoms with Crippen LogP contribution < -0.4 is 19.1 Å². The number of likely N-dealkylation sites (tertiary alicyclic amines) is 1. The van der Waals surface area contributed by atoms with Crippen molar-refractivity contribution in [3.8, 4) is 23.0 Å². The summed E-state index contributed by atoms with van der Waals surface area (Å²) in [4.78, 5) is 53.1. The molecule has 2 saturated heterocycles. The molecule has 0 radical (unpaired) electrons. The number of methoxy groups -OCH3 is 2. The van der Waals surface area contributed by atoms with Crippen LogP contribution in [0.2, 0.25) is 0 Å². The topological polar surface area (TPSA) is 123 Å². The fraction of sp³-hybridized carbons (Fsp3) is 0.316. The minimum Gasteiger partial charge on any atom is -0.508 e. The highest BCUT2D eigenvalue weighted by Crippen LogP contribution is 2.66. The third-order valence-electron chi connectivity index (χ3n) is 10.6. The zero-order valence-corrected chi connectivity index (χ0v) is 29.8. The number of allylic oxidation sites excluding steroid dienone is 2. The van der Waals surface area contributed by atoms with Crippen molar-refractivity contribution in [2.45, 2.75) is 34.9 Å². The average molecular weight is 772 g/mol. The van der Waals surface area contributed by atoms with Gasteiger partial charge in [0.1, 0.15) is 23.0 Å². The molecule has 4 aliphatic rings. The highest BCUT2D eigenvalue weighted by molar-refractivity contribution is 6.53. The lowest BCUT2D eigenvalue weighted by atomic mass is 9.56. The molecule has 53 heavy (non-hydrogen) atoms. The molecule has 15 heteroatoms.